The molecule has 3 aromatic carbocycles. The van der Waals surface area contributed by atoms with Gasteiger partial charge >= 0.3 is 0 Å². The number of para-hydroxylation sites is 1. The Hall–Kier alpha value is -2.92. The van der Waals surface area contributed by atoms with E-state index >= 15 is 0 Å². The van der Waals surface area contributed by atoms with Crippen LogP contribution in [0.15, 0.2) is 88.8 Å². The number of aliphatic imine (C=N–C) groups is 1. The van der Waals surface area contributed by atoms with Crippen LogP contribution in [0.2, 0.25) is 0 Å². The molecular weight excluding hydrogens is 344 g/mol. The van der Waals surface area contributed by atoms with E-state index in [1.807, 2.05) is 42.5 Å². The molecule has 0 radical (unpaired) electrons. The predicted molar refractivity (Wildman–Crippen MR) is 105 cm³/mol. The van der Waals surface area contributed by atoms with Crippen molar-refractivity contribution in [2.24, 2.45) is 4.99 Å². The van der Waals surface area contributed by atoms with Gasteiger partial charge in [-0.05, 0) is 23.3 Å². The van der Waals surface area contributed by atoms with Crippen LogP contribution in [0.5, 0.6) is 0 Å². The van der Waals surface area contributed by atoms with Crippen molar-refractivity contribution in [1.82, 2.24) is 0 Å². The molecule has 128 valence electrons. The second-order valence-electron chi connectivity index (χ2n) is 6.05. The highest BCUT2D eigenvalue weighted by molar-refractivity contribution is 7.99. The van der Waals surface area contributed by atoms with Gasteiger partial charge < -0.3 is 0 Å². The van der Waals surface area contributed by atoms with E-state index in [2.05, 4.69) is 18.2 Å². The third-order valence-electron chi connectivity index (χ3n) is 4.33. The van der Waals surface area contributed by atoms with Gasteiger partial charge in [0.25, 0.3) is 5.69 Å². The predicted octanol–water partition coefficient (Wildman–Crippen LogP) is 5.95. The highest BCUT2D eigenvalue weighted by atomic mass is 32.2. The summed E-state index contributed by atoms with van der Waals surface area (Å²) in [6.07, 6.45) is 0.713. The molecule has 4 nitrogen and oxygen atoms in total. The van der Waals surface area contributed by atoms with Gasteiger partial charge in [-0.15, -0.1) is 11.8 Å². The van der Waals surface area contributed by atoms with Crippen molar-refractivity contribution in [3.8, 4) is 0 Å². The monoisotopic (exact) mass is 360 g/mol. The maximum absolute atomic E-state index is 11.2. The van der Waals surface area contributed by atoms with E-state index in [4.69, 9.17) is 4.99 Å². The maximum Gasteiger partial charge on any atom is 0.269 e. The first kappa shape index (κ1) is 16.5. The Morgan fingerprint density at radius 3 is 2.54 bits per heavy atom. The number of fused-ring (bicyclic) bond motifs is 1. The van der Waals surface area contributed by atoms with Crippen LogP contribution >= 0.6 is 11.8 Å². The average Bonchev–Trinajstić information content (AvgIpc) is 2.88. The summed E-state index contributed by atoms with van der Waals surface area (Å²) in [6, 6.07) is 25.1. The van der Waals surface area contributed by atoms with Crippen molar-refractivity contribution >= 4 is 28.8 Å². The van der Waals surface area contributed by atoms with Crippen molar-refractivity contribution in [2.75, 3.05) is 0 Å². The highest BCUT2D eigenvalue weighted by Gasteiger charge is 2.23. The van der Waals surface area contributed by atoms with Gasteiger partial charge in [0, 0.05) is 34.4 Å². The van der Waals surface area contributed by atoms with Gasteiger partial charge in [0.15, 0.2) is 0 Å². The maximum atomic E-state index is 11.2. The molecule has 1 aliphatic rings. The summed E-state index contributed by atoms with van der Waals surface area (Å²) in [5.41, 5.74) is 4.10. The van der Waals surface area contributed by atoms with Crippen molar-refractivity contribution in [3.63, 3.8) is 0 Å². The summed E-state index contributed by atoms with van der Waals surface area (Å²) < 4.78 is 0. The van der Waals surface area contributed by atoms with Crippen LogP contribution in [0.4, 0.5) is 11.4 Å². The zero-order valence-electron chi connectivity index (χ0n) is 13.9. The fraction of sp³-hybridized carbons (Fsp3) is 0.0952. The first-order chi connectivity index (χ1) is 12.7. The second-order valence-corrected chi connectivity index (χ2v) is 7.30. The first-order valence-electron chi connectivity index (χ1n) is 8.34. The van der Waals surface area contributed by atoms with E-state index in [1.165, 1.54) is 6.07 Å². The Balaban J connectivity index is 1.79. The molecule has 0 bridgehead atoms. The number of hydrogen-bond acceptors (Lipinski definition) is 4. The summed E-state index contributed by atoms with van der Waals surface area (Å²) in [5.74, 6) is 0. The molecule has 0 saturated heterocycles. The number of benzene rings is 3. The number of nitrogens with zero attached hydrogens (tertiary/aromatic N) is 2. The van der Waals surface area contributed by atoms with E-state index in [0.29, 0.717) is 6.42 Å². The van der Waals surface area contributed by atoms with Gasteiger partial charge in [0.1, 0.15) is 0 Å². The molecule has 4 rings (SSSR count). The molecule has 5 heteroatoms. The van der Waals surface area contributed by atoms with Crippen molar-refractivity contribution in [3.05, 3.63) is 100 Å². The standard InChI is InChI=1S/C21H16N2O2S/c24-23(25)17-10-6-9-16(13-17)21-14-19(15-7-2-1-3-8-15)22-18-11-4-5-12-20(18)26-21/h1-13,21H,14H2. The summed E-state index contributed by atoms with van der Waals surface area (Å²) in [5, 5.41) is 11.2. The van der Waals surface area contributed by atoms with Crippen LogP contribution < -0.4 is 0 Å². The third-order valence-corrected chi connectivity index (χ3v) is 5.65. The van der Waals surface area contributed by atoms with E-state index in [1.54, 1.807) is 23.9 Å². The van der Waals surface area contributed by atoms with Gasteiger partial charge in [-0.2, -0.15) is 0 Å². The number of thioether (sulfide) groups is 1. The summed E-state index contributed by atoms with van der Waals surface area (Å²) in [6.45, 7) is 0. The Bertz CT molecular complexity index is 986. The van der Waals surface area contributed by atoms with Crippen molar-refractivity contribution in [1.29, 1.82) is 0 Å². The molecule has 3 aromatic rings. The molecule has 0 aromatic heterocycles. The number of nitro benzene ring substituents is 1. The van der Waals surface area contributed by atoms with E-state index < -0.39 is 0 Å². The Labute approximate surface area is 155 Å². The smallest absolute Gasteiger partial charge is 0.258 e. The zero-order chi connectivity index (χ0) is 17.9. The molecule has 1 aliphatic heterocycles. The molecule has 0 spiro atoms. The van der Waals surface area contributed by atoms with Crippen LogP contribution in [0.3, 0.4) is 0 Å². The molecular formula is C21H16N2O2S. The Morgan fingerprint density at radius 1 is 0.962 bits per heavy atom. The van der Waals surface area contributed by atoms with Crippen molar-refractivity contribution in [2.45, 2.75) is 16.6 Å². The lowest BCUT2D eigenvalue weighted by Crippen LogP contribution is -2.05. The molecule has 1 heterocycles. The second kappa shape index (κ2) is 7.14. The zero-order valence-corrected chi connectivity index (χ0v) is 14.7. The fourth-order valence-electron chi connectivity index (χ4n) is 3.05. The normalized spacial score (nSPS) is 16.3. The lowest BCUT2D eigenvalue weighted by molar-refractivity contribution is -0.384. The van der Waals surface area contributed by atoms with Crippen LogP contribution in [0.1, 0.15) is 22.8 Å². The minimum absolute atomic E-state index is 0.0671. The van der Waals surface area contributed by atoms with E-state index in [9.17, 15) is 10.1 Å². The molecule has 0 N–H and O–H groups in total. The third kappa shape index (κ3) is 3.39. The highest BCUT2D eigenvalue weighted by Crippen LogP contribution is 2.45. The topological polar surface area (TPSA) is 55.5 Å². The van der Waals surface area contributed by atoms with Crippen LogP contribution in [-0.4, -0.2) is 10.6 Å². The number of rotatable bonds is 3. The molecule has 0 aliphatic carbocycles. The van der Waals surface area contributed by atoms with E-state index in [-0.39, 0.29) is 15.9 Å². The van der Waals surface area contributed by atoms with Crippen LogP contribution in [-0.2, 0) is 0 Å². The molecule has 0 fully saturated rings. The molecule has 0 saturated carbocycles. The fourth-order valence-corrected chi connectivity index (χ4v) is 4.27. The lowest BCUT2D eigenvalue weighted by Gasteiger charge is -2.16. The largest absolute Gasteiger partial charge is 0.269 e. The molecule has 1 atom stereocenters. The minimum Gasteiger partial charge on any atom is -0.258 e. The number of hydrogen-bond donors (Lipinski definition) is 0. The molecule has 0 amide bonds. The minimum atomic E-state index is -0.342. The number of non-ortho nitro benzene ring substituents is 1. The first-order valence-corrected chi connectivity index (χ1v) is 9.22. The van der Waals surface area contributed by atoms with Crippen LogP contribution in [0, 0.1) is 10.1 Å². The lowest BCUT2D eigenvalue weighted by atomic mass is 10.0. The van der Waals surface area contributed by atoms with Crippen LogP contribution in [0.25, 0.3) is 0 Å². The quantitative estimate of drug-likeness (QED) is 0.428. The van der Waals surface area contributed by atoms with Gasteiger partial charge in [0.05, 0.1) is 10.6 Å². The SMILES string of the molecule is O=[N+]([O-])c1cccc(C2CC(c3ccccc3)=Nc3ccccc3S2)c1. The Kier molecular flexibility index (Phi) is 4.54. The summed E-state index contributed by atoms with van der Waals surface area (Å²) in [4.78, 5) is 16.8. The molecule has 26 heavy (non-hydrogen) atoms. The summed E-state index contributed by atoms with van der Waals surface area (Å²) >= 11 is 1.71. The van der Waals surface area contributed by atoms with Gasteiger partial charge in [-0.25, -0.2) is 0 Å². The van der Waals surface area contributed by atoms with Gasteiger partial charge in [0.2, 0.25) is 0 Å². The van der Waals surface area contributed by atoms with Gasteiger partial charge in [-0.1, -0.05) is 54.6 Å². The van der Waals surface area contributed by atoms with Crippen molar-refractivity contribution < 1.29 is 4.92 Å². The summed E-state index contributed by atoms with van der Waals surface area (Å²) in [7, 11) is 0. The molecule has 1 unspecified atom stereocenters. The van der Waals surface area contributed by atoms with Gasteiger partial charge in [-0.3, -0.25) is 15.1 Å². The Morgan fingerprint density at radius 2 is 1.73 bits per heavy atom. The number of nitro groups is 1. The average molecular weight is 360 g/mol. The van der Waals surface area contributed by atoms with E-state index in [0.717, 1.165) is 27.4 Å².